The van der Waals surface area contributed by atoms with Gasteiger partial charge in [-0.2, -0.15) is 0 Å². The molecule has 1 aromatic rings. The summed E-state index contributed by atoms with van der Waals surface area (Å²) < 4.78 is 5.85. The minimum absolute atomic E-state index is 0.316. The van der Waals surface area contributed by atoms with Crippen LogP contribution in [0.5, 0.6) is 0 Å². The van der Waals surface area contributed by atoms with Crippen LogP contribution in [0.1, 0.15) is 20.8 Å². The normalized spacial score (nSPS) is 21.8. The molecule has 2 amide bonds. The van der Waals surface area contributed by atoms with Crippen LogP contribution in [0.3, 0.4) is 0 Å². The number of allylic oxidation sites excluding steroid dienone is 2. The number of hydrogen-bond donors (Lipinski definition) is 0. The van der Waals surface area contributed by atoms with Gasteiger partial charge in [0.25, 0.3) is 5.91 Å². The summed E-state index contributed by atoms with van der Waals surface area (Å²) in [6.45, 7) is 8.14. The van der Waals surface area contributed by atoms with Crippen molar-refractivity contribution in [3.8, 4) is 0 Å². The third-order valence-corrected chi connectivity index (χ3v) is 5.18. The van der Waals surface area contributed by atoms with Gasteiger partial charge in [0.05, 0.1) is 10.6 Å². The molecule has 160 valence electrons. The molecule has 3 rings (SSSR count). The maximum Gasteiger partial charge on any atom is 0.412 e. The second kappa shape index (κ2) is 9.40. The first-order chi connectivity index (χ1) is 14.3. The highest BCUT2D eigenvalue weighted by atomic mass is 35.5. The lowest BCUT2D eigenvalue weighted by Gasteiger charge is -2.33. The number of carbonyl (C=O) groups is 2. The number of halogens is 1. The third-order valence-electron chi connectivity index (χ3n) is 4.95. The van der Waals surface area contributed by atoms with Crippen molar-refractivity contribution >= 4 is 35.1 Å². The van der Waals surface area contributed by atoms with E-state index >= 15 is 0 Å². The molecule has 0 radical (unpaired) electrons. The summed E-state index contributed by atoms with van der Waals surface area (Å²) in [6.07, 6.45) is 3.29. The molecule has 9 heteroatoms. The molecule has 0 spiro atoms. The van der Waals surface area contributed by atoms with Crippen LogP contribution >= 0.6 is 11.6 Å². The van der Waals surface area contributed by atoms with Gasteiger partial charge >= 0.3 is 6.09 Å². The smallest absolute Gasteiger partial charge is 0.412 e. The second-order valence-electron chi connectivity index (χ2n) is 7.41. The molecule has 0 bridgehead atoms. The Labute approximate surface area is 181 Å². The Morgan fingerprint density at radius 3 is 2.53 bits per heavy atom. The highest BCUT2D eigenvalue weighted by molar-refractivity contribution is 6.35. The summed E-state index contributed by atoms with van der Waals surface area (Å²) >= 11 is 5.96. The number of likely N-dealkylation sites (N-methyl/N-ethyl adjacent to an activating group) is 1. The molecule has 8 nitrogen and oxygen atoms in total. The first kappa shape index (κ1) is 22.0. The van der Waals surface area contributed by atoms with Crippen molar-refractivity contribution in [3.63, 3.8) is 0 Å². The maximum atomic E-state index is 13.3. The zero-order chi connectivity index (χ0) is 21.8. The zero-order valence-corrected chi connectivity index (χ0v) is 18.4. The molecule has 30 heavy (non-hydrogen) atoms. The predicted octanol–water partition coefficient (Wildman–Crippen LogP) is 3.10. The second-order valence-corrected chi connectivity index (χ2v) is 7.84. The number of hydrogen-bond acceptors (Lipinski definition) is 6. The third kappa shape index (κ3) is 4.55. The minimum atomic E-state index is -1.01. The van der Waals surface area contributed by atoms with Gasteiger partial charge in [-0.15, -0.1) is 0 Å². The fourth-order valence-electron chi connectivity index (χ4n) is 3.34. The van der Waals surface area contributed by atoms with Crippen molar-refractivity contribution in [1.29, 1.82) is 0 Å². The van der Waals surface area contributed by atoms with Crippen LogP contribution in [0.25, 0.3) is 0 Å². The van der Waals surface area contributed by atoms with Gasteiger partial charge in [-0.1, -0.05) is 23.3 Å². The number of ether oxygens (including phenoxy) is 1. The summed E-state index contributed by atoms with van der Waals surface area (Å²) in [4.78, 5) is 40.1. The van der Waals surface area contributed by atoms with Crippen molar-refractivity contribution in [1.82, 2.24) is 14.8 Å². The number of amides is 2. The molecule has 1 unspecified atom stereocenters. The summed E-state index contributed by atoms with van der Waals surface area (Å²) in [5.74, 6) is 0.0225. The largest absolute Gasteiger partial charge is 0.419 e. The van der Waals surface area contributed by atoms with E-state index in [2.05, 4.69) is 14.9 Å². The summed E-state index contributed by atoms with van der Waals surface area (Å²) in [5, 5.41) is 0.446. The molecule has 2 fully saturated rings. The lowest BCUT2D eigenvalue weighted by atomic mass is 10.1. The molecule has 2 saturated heterocycles. The van der Waals surface area contributed by atoms with E-state index in [1.54, 1.807) is 29.3 Å². The lowest BCUT2D eigenvalue weighted by molar-refractivity contribution is -0.115. The number of aromatic nitrogens is 1. The van der Waals surface area contributed by atoms with Crippen molar-refractivity contribution < 1.29 is 14.3 Å². The van der Waals surface area contributed by atoms with Gasteiger partial charge in [0.15, 0.2) is 0 Å². The van der Waals surface area contributed by atoms with Gasteiger partial charge in [-0.25, -0.2) is 14.7 Å². The summed E-state index contributed by atoms with van der Waals surface area (Å²) in [7, 11) is 2.01. The van der Waals surface area contributed by atoms with E-state index < -0.39 is 12.3 Å². The Morgan fingerprint density at radius 2 is 1.97 bits per heavy atom. The molecular formula is C21H26ClN5O3. The van der Waals surface area contributed by atoms with Crippen LogP contribution in [0, 0.1) is 0 Å². The maximum absolute atomic E-state index is 13.3. The Balaban J connectivity index is 2.00. The van der Waals surface area contributed by atoms with Crippen molar-refractivity contribution in [3.05, 3.63) is 46.8 Å². The summed E-state index contributed by atoms with van der Waals surface area (Å²) in [5.41, 5.74) is 1.58. The quantitative estimate of drug-likeness (QED) is 0.687. The van der Waals surface area contributed by atoms with E-state index in [-0.39, 0.29) is 5.91 Å². The van der Waals surface area contributed by atoms with Crippen LogP contribution in [0.15, 0.2) is 46.7 Å². The van der Waals surface area contributed by atoms with Crippen LogP contribution in [-0.4, -0.2) is 72.0 Å². The van der Waals surface area contributed by atoms with Crippen LogP contribution in [0.4, 0.5) is 10.6 Å². The van der Waals surface area contributed by atoms with E-state index in [9.17, 15) is 9.59 Å². The van der Waals surface area contributed by atoms with E-state index in [0.717, 1.165) is 18.7 Å². The standard InChI is InChI=1S/C21H26ClN5O3/c1-5-8-23-18-17(14(2)3)19(28)27(16-7-6-15(22)13-24-16)20(18)30-21(29)26-11-9-25(4)10-12-26/h5-8,13,20H,9-12H2,1-4H3/b8-5-,23-18?. The van der Waals surface area contributed by atoms with Crippen molar-refractivity contribution in [2.24, 2.45) is 4.99 Å². The molecule has 0 aromatic carbocycles. The zero-order valence-electron chi connectivity index (χ0n) is 17.6. The number of piperazine rings is 1. The Hall–Kier alpha value is -2.71. The monoisotopic (exact) mass is 431 g/mol. The van der Waals surface area contributed by atoms with Gasteiger partial charge in [-0.3, -0.25) is 9.79 Å². The predicted molar refractivity (Wildman–Crippen MR) is 117 cm³/mol. The fraction of sp³-hybridized carbons (Fsp3) is 0.429. The number of pyridine rings is 1. The average molecular weight is 432 g/mol. The first-order valence-electron chi connectivity index (χ1n) is 9.79. The number of carbonyl (C=O) groups excluding carboxylic acids is 2. The number of nitrogens with zero attached hydrogens (tertiary/aromatic N) is 5. The molecule has 1 aromatic heterocycles. The average Bonchev–Trinajstić information content (AvgIpc) is 2.98. The van der Waals surface area contributed by atoms with Crippen LogP contribution in [-0.2, 0) is 9.53 Å². The Bertz CT molecular complexity index is 898. The molecule has 0 saturated carbocycles. The van der Waals surface area contributed by atoms with Gasteiger partial charge in [0, 0.05) is 38.6 Å². The SMILES string of the molecule is C/C=C\N=C1C(=C(C)C)C(=O)N(c2ccc(Cl)cn2)C1OC(=O)N1CCN(C)CC1. The molecule has 2 aliphatic rings. The van der Waals surface area contributed by atoms with Gasteiger partial charge < -0.3 is 14.5 Å². The Morgan fingerprint density at radius 1 is 1.27 bits per heavy atom. The molecule has 0 aliphatic carbocycles. The minimum Gasteiger partial charge on any atom is -0.419 e. The van der Waals surface area contributed by atoms with Crippen molar-refractivity contribution in [2.75, 3.05) is 38.1 Å². The number of anilines is 1. The molecule has 2 aliphatic heterocycles. The van der Waals surface area contributed by atoms with E-state index in [1.807, 2.05) is 27.8 Å². The highest BCUT2D eigenvalue weighted by Gasteiger charge is 2.46. The van der Waals surface area contributed by atoms with Crippen molar-refractivity contribution in [2.45, 2.75) is 27.0 Å². The van der Waals surface area contributed by atoms with Crippen LogP contribution < -0.4 is 4.90 Å². The topological polar surface area (TPSA) is 78.3 Å². The van der Waals surface area contributed by atoms with E-state index in [4.69, 9.17) is 16.3 Å². The van der Waals surface area contributed by atoms with Gasteiger partial charge in [-0.05, 0) is 40.0 Å². The lowest BCUT2D eigenvalue weighted by Crippen LogP contribution is -2.50. The van der Waals surface area contributed by atoms with E-state index in [0.29, 0.717) is 35.2 Å². The fourth-order valence-corrected chi connectivity index (χ4v) is 3.45. The van der Waals surface area contributed by atoms with Gasteiger partial charge in [0.1, 0.15) is 11.5 Å². The summed E-state index contributed by atoms with van der Waals surface area (Å²) in [6, 6.07) is 3.26. The highest BCUT2D eigenvalue weighted by Crippen LogP contribution is 2.31. The molecular weight excluding hydrogens is 406 g/mol. The number of aliphatic imine (C=N–C) groups is 1. The van der Waals surface area contributed by atoms with E-state index in [1.165, 1.54) is 11.1 Å². The van der Waals surface area contributed by atoms with Crippen LogP contribution in [0.2, 0.25) is 5.02 Å². The number of rotatable bonds is 3. The molecule has 1 atom stereocenters. The molecule has 3 heterocycles. The molecule has 0 N–H and O–H groups in total. The Kier molecular flexibility index (Phi) is 6.89. The first-order valence-corrected chi connectivity index (χ1v) is 10.2. The van der Waals surface area contributed by atoms with Gasteiger partial charge in [0.2, 0.25) is 6.23 Å².